The molecule has 0 bridgehead atoms. The highest BCUT2D eigenvalue weighted by atomic mass is 19.1. The van der Waals surface area contributed by atoms with E-state index in [1.165, 1.54) is 12.1 Å². The minimum atomic E-state index is -0.277. The second-order valence-corrected chi connectivity index (χ2v) is 4.85. The van der Waals surface area contributed by atoms with Gasteiger partial charge in [0, 0.05) is 23.7 Å². The van der Waals surface area contributed by atoms with E-state index in [1.807, 2.05) is 30.2 Å². The zero-order valence-electron chi connectivity index (χ0n) is 11.1. The molecule has 4 nitrogen and oxygen atoms in total. The van der Waals surface area contributed by atoms with E-state index in [-0.39, 0.29) is 18.0 Å². The zero-order chi connectivity index (χ0) is 14.1. The average Bonchev–Trinajstić information content (AvgIpc) is 2.46. The fourth-order valence-electron chi connectivity index (χ4n) is 2.28. The van der Waals surface area contributed by atoms with E-state index < -0.39 is 0 Å². The number of nitrogens with two attached hydrogens (primary N) is 1. The Hall–Kier alpha value is -2.27. The van der Waals surface area contributed by atoms with Crippen LogP contribution in [0.3, 0.4) is 0 Å². The zero-order valence-corrected chi connectivity index (χ0v) is 11.1. The fraction of sp³-hybridized carbons (Fsp3) is 0.200. The van der Waals surface area contributed by atoms with E-state index in [0.29, 0.717) is 0 Å². The molecule has 1 aliphatic rings. The number of nitrogens with zero attached hydrogens (tertiary/aromatic N) is 3. The number of hydrogen-bond acceptors (Lipinski definition) is 4. The maximum absolute atomic E-state index is 13.4. The van der Waals surface area contributed by atoms with Crippen molar-refractivity contribution in [3.05, 3.63) is 59.1 Å². The van der Waals surface area contributed by atoms with Crippen LogP contribution in [-0.4, -0.2) is 17.2 Å². The van der Waals surface area contributed by atoms with Gasteiger partial charge < -0.3 is 10.6 Å². The van der Waals surface area contributed by atoms with Crippen molar-refractivity contribution in [2.24, 2.45) is 10.7 Å². The van der Waals surface area contributed by atoms with Gasteiger partial charge in [-0.3, -0.25) is 9.98 Å². The van der Waals surface area contributed by atoms with Gasteiger partial charge in [-0.1, -0.05) is 0 Å². The molecular weight excluding hydrogens is 255 g/mol. The molecule has 3 rings (SSSR count). The summed E-state index contributed by atoms with van der Waals surface area (Å²) in [5.74, 6) is -0.277. The van der Waals surface area contributed by atoms with Gasteiger partial charge in [-0.15, -0.1) is 0 Å². The van der Waals surface area contributed by atoms with Gasteiger partial charge in [0.25, 0.3) is 0 Å². The Kier molecular flexibility index (Phi) is 3.20. The number of aromatic nitrogens is 1. The van der Waals surface area contributed by atoms with Gasteiger partial charge in [0.05, 0.1) is 17.2 Å². The van der Waals surface area contributed by atoms with E-state index >= 15 is 0 Å². The van der Waals surface area contributed by atoms with Crippen LogP contribution in [0.15, 0.2) is 47.7 Å². The molecule has 20 heavy (non-hydrogen) atoms. The van der Waals surface area contributed by atoms with Crippen molar-refractivity contribution in [1.82, 2.24) is 4.98 Å². The lowest BCUT2D eigenvalue weighted by atomic mass is 10.1. The molecule has 0 amide bonds. The number of benzene rings is 1. The van der Waals surface area contributed by atoms with Crippen LogP contribution in [0.4, 0.5) is 10.1 Å². The maximum atomic E-state index is 13.4. The molecule has 0 aliphatic carbocycles. The van der Waals surface area contributed by atoms with Gasteiger partial charge in [0.2, 0.25) is 0 Å². The number of anilines is 1. The lowest BCUT2D eigenvalue weighted by molar-refractivity contribution is 0.555. The monoisotopic (exact) mass is 270 g/mol. The molecule has 1 aliphatic heterocycles. The van der Waals surface area contributed by atoms with Gasteiger partial charge in [0.15, 0.2) is 0 Å². The Morgan fingerprint density at radius 1 is 1.35 bits per heavy atom. The SMILES string of the molecule is CC(N)[C@@H]1N=c2ccc(F)cc2=CN1c1cccnc1. The highest BCUT2D eigenvalue weighted by Gasteiger charge is 2.22. The second-order valence-electron chi connectivity index (χ2n) is 4.85. The molecule has 0 saturated carbocycles. The standard InChI is InChI=1S/C15H15FN4/c1-10(17)15-19-14-5-4-12(16)7-11(14)9-20(15)13-3-2-6-18-8-13/h2-10,15H,17H2,1H3/t10?,15-/m1/s1. The van der Waals surface area contributed by atoms with Gasteiger partial charge in [-0.2, -0.15) is 0 Å². The van der Waals surface area contributed by atoms with Crippen molar-refractivity contribution < 1.29 is 4.39 Å². The van der Waals surface area contributed by atoms with Crippen molar-refractivity contribution in [3.8, 4) is 0 Å². The molecule has 5 heteroatoms. The number of fused-ring (bicyclic) bond motifs is 1. The van der Waals surface area contributed by atoms with Crippen LogP contribution in [0.1, 0.15) is 6.92 Å². The summed E-state index contributed by atoms with van der Waals surface area (Å²) in [7, 11) is 0. The van der Waals surface area contributed by atoms with Crippen LogP contribution in [0.5, 0.6) is 0 Å². The number of rotatable bonds is 2. The first-order chi connectivity index (χ1) is 9.65. The Bertz CT molecular complexity index is 727. The molecule has 2 aromatic rings. The topological polar surface area (TPSA) is 54.5 Å². The summed E-state index contributed by atoms with van der Waals surface area (Å²) < 4.78 is 13.4. The summed E-state index contributed by atoms with van der Waals surface area (Å²) in [6.07, 6.45) is 5.10. The Labute approximate surface area is 116 Å². The molecule has 1 aromatic heterocycles. The predicted octanol–water partition coefficient (Wildman–Crippen LogP) is 0.772. The first-order valence-electron chi connectivity index (χ1n) is 6.44. The van der Waals surface area contributed by atoms with E-state index in [1.54, 1.807) is 18.5 Å². The number of hydrogen-bond donors (Lipinski definition) is 1. The summed E-state index contributed by atoms with van der Waals surface area (Å²) in [5, 5.41) is 1.50. The van der Waals surface area contributed by atoms with Crippen LogP contribution < -0.4 is 21.2 Å². The first-order valence-corrected chi connectivity index (χ1v) is 6.44. The van der Waals surface area contributed by atoms with E-state index in [4.69, 9.17) is 5.73 Å². The normalized spacial score (nSPS) is 18.8. The summed E-state index contributed by atoms with van der Waals surface area (Å²) >= 11 is 0. The molecule has 102 valence electrons. The molecule has 0 spiro atoms. The maximum Gasteiger partial charge on any atom is 0.140 e. The minimum absolute atomic E-state index is 0.162. The summed E-state index contributed by atoms with van der Waals surface area (Å²) in [4.78, 5) is 10.7. The van der Waals surface area contributed by atoms with Crippen LogP contribution in [0.2, 0.25) is 0 Å². The summed E-state index contributed by atoms with van der Waals surface area (Å²) in [6.45, 7) is 1.90. The minimum Gasteiger partial charge on any atom is -0.325 e. The van der Waals surface area contributed by atoms with E-state index in [0.717, 1.165) is 16.3 Å². The van der Waals surface area contributed by atoms with Crippen molar-refractivity contribution in [3.63, 3.8) is 0 Å². The fourth-order valence-corrected chi connectivity index (χ4v) is 2.28. The number of halogens is 1. The third-order valence-corrected chi connectivity index (χ3v) is 3.24. The molecule has 2 atom stereocenters. The van der Waals surface area contributed by atoms with Gasteiger partial charge >= 0.3 is 0 Å². The molecule has 1 unspecified atom stereocenters. The second kappa shape index (κ2) is 5.02. The van der Waals surface area contributed by atoms with Crippen molar-refractivity contribution in [1.29, 1.82) is 0 Å². The van der Waals surface area contributed by atoms with Gasteiger partial charge in [0.1, 0.15) is 12.0 Å². The van der Waals surface area contributed by atoms with E-state index in [2.05, 4.69) is 9.98 Å². The molecule has 0 fully saturated rings. The molecule has 0 radical (unpaired) electrons. The third-order valence-electron chi connectivity index (χ3n) is 3.24. The summed E-state index contributed by atoms with van der Waals surface area (Å²) in [5.41, 5.74) is 6.91. The van der Waals surface area contributed by atoms with Gasteiger partial charge in [-0.25, -0.2) is 4.39 Å². The van der Waals surface area contributed by atoms with Crippen LogP contribution in [0, 0.1) is 5.82 Å². The molecule has 2 heterocycles. The number of pyridine rings is 1. The van der Waals surface area contributed by atoms with Gasteiger partial charge in [-0.05, 0) is 37.3 Å². The molecule has 1 aromatic carbocycles. The highest BCUT2D eigenvalue weighted by molar-refractivity contribution is 5.59. The Morgan fingerprint density at radius 2 is 2.20 bits per heavy atom. The molecule has 2 N–H and O–H groups in total. The van der Waals surface area contributed by atoms with Crippen LogP contribution >= 0.6 is 0 Å². The summed E-state index contributed by atoms with van der Waals surface area (Å²) in [6, 6.07) is 8.18. The smallest absolute Gasteiger partial charge is 0.140 e. The average molecular weight is 270 g/mol. The van der Waals surface area contributed by atoms with Crippen molar-refractivity contribution in [2.75, 3.05) is 4.90 Å². The molecule has 0 saturated heterocycles. The lowest BCUT2D eigenvalue weighted by Gasteiger charge is -2.32. The van der Waals surface area contributed by atoms with Crippen molar-refractivity contribution in [2.45, 2.75) is 19.1 Å². The van der Waals surface area contributed by atoms with E-state index in [9.17, 15) is 4.39 Å². The first kappa shape index (κ1) is 12.7. The highest BCUT2D eigenvalue weighted by Crippen LogP contribution is 2.19. The molecular formula is C15H15FN4. The quantitative estimate of drug-likeness (QED) is 0.877. The Morgan fingerprint density at radius 3 is 2.90 bits per heavy atom. The van der Waals surface area contributed by atoms with Crippen LogP contribution in [0.25, 0.3) is 6.20 Å². The lowest BCUT2D eigenvalue weighted by Crippen LogP contribution is -2.49. The van der Waals surface area contributed by atoms with Crippen LogP contribution in [-0.2, 0) is 0 Å². The third kappa shape index (κ3) is 2.28. The Balaban J connectivity index is 2.17. The predicted molar refractivity (Wildman–Crippen MR) is 75.8 cm³/mol. The largest absolute Gasteiger partial charge is 0.325 e. The van der Waals surface area contributed by atoms with Crippen molar-refractivity contribution >= 4 is 11.9 Å².